The number of aromatic nitrogens is 1. The monoisotopic (exact) mass is 334 g/mol. The molecule has 1 aromatic heterocycles. The van der Waals surface area contributed by atoms with Gasteiger partial charge in [-0.05, 0) is 24.6 Å². The fourth-order valence-corrected chi connectivity index (χ4v) is 4.43. The number of aliphatic carboxylic acids is 1. The van der Waals surface area contributed by atoms with Crippen LogP contribution < -0.4 is 0 Å². The van der Waals surface area contributed by atoms with Crippen molar-refractivity contribution in [2.24, 2.45) is 11.8 Å². The number of hydrogen-bond acceptors (Lipinski definition) is 5. The van der Waals surface area contributed by atoms with Crippen molar-refractivity contribution in [2.45, 2.75) is 31.0 Å². The van der Waals surface area contributed by atoms with E-state index < -0.39 is 18.0 Å². The van der Waals surface area contributed by atoms with E-state index in [4.69, 9.17) is 0 Å². The van der Waals surface area contributed by atoms with Crippen LogP contribution >= 0.6 is 11.8 Å². The van der Waals surface area contributed by atoms with Crippen LogP contribution in [0.4, 0.5) is 0 Å². The van der Waals surface area contributed by atoms with Gasteiger partial charge in [0.15, 0.2) is 0 Å². The van der Waals surface area contributed by atoms with Gasteiger partial charge in [0.2, 0.25) is 5.91 Å². The van der Waals surface area contributed by atoms with Gasteiger partial charge in [0.25, 0.3) is 0 Å². The van der Waals surface area contributed by atoms with Crippen molar-refractivity contribution in [1.29, 1.82) is 0 Å². The van der Waals surface area contributed by atoms with Gasteiger partial charge < -0.3 is 15.1 Å². The fraction of sp³-hybridized carbons (Fsp3) is 0.438. The molecule has 2 N–H and O–H groups in total. The van der Waals surface area contributed by atoms with Crippen molar-refractivity contribution in [3.05, 3.63) is 35.7 Å². The third-order valence-corrected chi connectivity index (χ3v) is 5.52. The SMILES string of the molecule is C[C@@H](O)[C@H]1C(=O)N2C(C(=O)O)=C(CSc3ccccn3)[C@H](C)[C@H]12. The van der Waals surface area contributed by atoms with Crippen LogP contribution in [0, 0.1) is 11.8 Å². The van der Waals surface area contributed by atoms with Gasteiger partial charge in [-0.15, -0.1) is 11.8 Å². The zero-order valence-corrected chi connectivity index (χ0v) is 13.7. The second-order valence-electron chi connectivity index (χ2n) is 5.89. The van der Waals surface area contributed by atoms with Crippen LogP contribution in [-0.2, 0) is 9.59 Å². The van der Waals surface area contributed by atoms with Gasteiger partial charge in [-0.2, -0.15) is 0 Å². The van der Waals surface area contributed by atoms with Gasteiger partial charge in [0.05, 0.1) is 23.1 Å². The lowest BCUT2D eigenvalue weighted by atomic mass is 9.78. The molecule has 3 heterocycles. The molecule has 2 aliphatic rings. The Balaban J connectivity index is 1.86. The Morgan fingerprint density at radius 3 is 2.78 bits per heavy atom. The number of carbonyl (C=O) groups is 2. The van der Waals surface area contributed by atoms with Crippen molar-refractivity contribution in [1.82, 2.24) is 9.88 Å². The summed E-state index contributed by atoms with van der Waals surface area (Å²) < 4.78 is 0. The normalized spacial score (nSPS) is 27.7. The molecular weight excluding hydrogens is 316 g/mol. The summed E-state index contributed by atoms with van der Waals surface area (Å²) in [5, 5.41) is 20.1. The summed E-state index contributed by atoms with van der Waals surface area (Å²) in [4.78, 5) is 29.4. The number of carbonyl (C=O) groups excluding carboxylic acids is 1. The molecule has 7 heteroatoms. The van der Waals surface area contributed by atoms with Crippen LogP contribution in [0.15, 0.2) is 40.7 Å². The molecule has 1 fully saturated rings. The highest BCUT2D eigenvalue weighted by Gasteiger charge is 2.59. The molecule has 1 amide bonds. The number of hydrogen-bond donors (Lipinski definition) is 2. The largest absolute Gasteiger partial charge is 0.477 e. The Hall–Kier alpha value is -1.86. The van der Waals surface area contributed by atoms with E-state index in [2.05, 4.69) is 4.98 Å². The number of thioether (sulfide) groups is 1. The van der Waals surface area contributed by atoms with Gasteiger partial charge in [-0.1, -0.05) is 13.0 Å². The van der Waals surface area contributed by atoms with Crippen LogP contribution in [0.5, 0.6) is 0 Å². The third-order valence-electron chi connectivity index (χ3n) is 4.53. The number of amides is 1. The number of aliphatic hydroxyl groups excluding tert-OH is 1. The molecule has 1 aromatic rings. The average Bonchev–Trinajstić information content (AvgIpc) is 2.75. The third kappa shape index (κ3) is 2.53. The highest BCUT2D eigenvalue weighted by Crippen LogP contribution is 2.48. The summed E-state index contributed by atoms with van der Waals surface area (Å²) in [6.07, 6.45) is 0.914. The van der Waals surface area contributed by atoms with Gasteiger partial charge in [0, 0.05) is 17.9 Å². The Kier molecular flexibility index (Phi) is 4.16. The predicted octanol–water partition coefficient (Wildman–Crippen LogP) is 1.37. The summed E-state index contributed by atoms with van der Waals surface area (Å²) >= 11 is 1.45. The molecule has 1 saturated heterocycles. The van der Waals surface area contributed by atoms with E-state index in [1.807, 2.05) is 25.1 Å². The summed E-state index contributed by atoms with van der Waals surface area (Å²) in [6, 6.07) is 5.31. The lowest BCUT2D eigenvalue weighted by molar-refractivity contribution is -0.163. The number of aliphatic hydroxyl groups is 1. The Bertz CT molecular complexity index is 674. The van der Waals surface area contributed by atoms with Gasteiger partial charge >= 0.3 is 5.97 Å². The Morgan fingerprint density at radius 1 is 1.48 bits per heavy atom. The van der Waals surface area contributed by atoms with Crippen LogP contribution in [-0.4, -0.2) is 49.9 Å². The molecule has 3 rings (SSSR count). The van der Waals surface area contributed by atoms with Crippen LogP contribution in [0.1, 0.15) is 13.8 Å². The second-order valence-corrected chi connectivity index (χ2v) is 6.89. The van der Waals surface area contributed by atoms with E-state index in [1.165, 1.54) is 16.7 Å². The molecule has 0 radical (unpaired) electrons. The number of carboxylic acid groups (broad SMARTS) is 1. The first kappa shape index (κ1) is 16.0. The number of nitrogens with zero attached hydrogens (tertiary/aromatic N) is 2. The molecule has 0 aromatic carbocycles. The van der Waals surface area contributed by atoms with Crippen molar-refractivity contribution in [2.75, 3.05) is 5.75 Å². The average molecular weight is 334 g/mol. The van der Waals surface area contributed by atoms with E-state index in [1.54, 1.807) is 13.1 Å². The summed E-state index contributed by atoms with van der Waals surface area (Å²) in [7, 11) is 0. The van der Waals surface area contributed by atoms with E-state index in [0.717, 1.165) is 10.6 Å². The predicted molar refractivity (Wildman–Crippen MR) is 84.6 cm³/mol. The molecule has 122 valence electrons. The molecule has 0 bridgehead atoms. The molecule has 0 spiro atoms. The Labute approximate surface area is 138 Å². The van der Waals surface area contributed by atoms with Crippen LogP contribution in [0.3, 0.4) is 0 Å². The number of carboxylic acids is 1. The molecule has 23 heavy (non-hydrogen) atoms. The number of pyridine rings is 1. The zero-order valence-electron chi connectivity index (χ0n) is 12.8. The first-order valence-electron chi connectivity index (χ1n) is 7.44. The standard InChI is InChI=1S/C16H18N2O4S/c1-8-10(7-23-11-5-3-4-6-17-11)14(16(21)22)18-13(8)12(9(2)19)15(18)20/h3-6,8-9,12-13,19H,7H2,1-2H3,(H,21,22)/t8-,9+,12+,13+/m0/s1. The van der Waals surface area contributed by atoms with Crippen molar-refractivity contribution >= 4 is 23.6 Å². The minimum absolute atomic E-state index is 0.0767. The van der Waals surface area contributed by atoms with Crippen molar-refractivity contribution < 1.29 is 19.8 Å². The maximum absolute atomic E-state index is 12.2. The Morgan fingerprint density at radius 2 is 2.22 bits per heavy atom. The molecular formula is C16H18N2O4S. The van der Waals surface area contributed by atoms with Crippen LogP contribution in [0.2, 0.25) is 0 Å². The summed E-state index contributed by atoms with van der Waals surface area (Å²) in [5.41, 5.74) is 0.808. The maximum Gasteiger partial charge on any atom is 0.352 e. The van der Waals surface area contributed by atoms with Gasteiger partial charge in [-0.3, -0.25) is 4.79 Å². The molecule has 0 unspecified atom stereocenters. The molecule has 0 aliphatic carbocycles. The van der Waals surface area contributed by atoms with E-state index in [-0.39, 0.29) is 23.6 Å². The quantitative estimate of drug-likeness (QED) is 0.624. The second kappa shape index (κ2) is 5.98. The lowest BCUT2D eigenvalue weighted by Gasteiger charge is -2.46. The smallest absolute Gasteiger partial charge is 0.352 e. The summed E-state index contributed by atoms with van der Waals surface area (Å²) in [6.45, 7) is 3.50. The maximum atomic E-state index is 12.2. The minimum Gasteiger partial charge on any atom is -0.477 e. The van der Waals surface area contributed by atoms with E-state index in [9.17, 15) is 19.8 Å². The van der Waals surface area contributed by atoms with Crippen molar-refractivity contribution in [3.63, 3.8) is 0 Å². The molecule has 6 nitrogen and oxygen atoms in total. The highest BCUT2D eigenvalue weighted by molar-refractivity contribution is 7.99. The van der Waals surface area contributed by atoms with E-state index in [0.29, 0.717) is 5.75 Å². The molecule has 0 saturated carbocycles. The first-order valence-corrected chi connectivity index (χ1v) is 8.43. The van der Waals surface area contributed by atoms with Gasteiger partial charge in [0.1, 0.15) is 5.70 Å². The molecule has 4 atom stereocenters. The minimum atomic E-state index is -1.09. The summed E-state index contributed by atoms with van der Waals surface area (Å²) in [5.74, 6) is -1.53. The number of fused-ring (bicyclic) bond motifs is 1. The van der Waals surface area contributed by atoms with E-state index >= 15 is 0 Å². The first-order chi connectivity index (χ1) is 10.9. The zero-order chi connectivity index (χ0) is 16.7. The molecule has 2 aliphatic heterocycles. The fourth-order valence-electron chi connectivity index (χ4n) is 3.42. The van der Waals surface area contributed by atoms with Crippen LogP contribution in [0.25, 0.3) is 0 Å². The van der Waals surface area contributed by atoms with Gasteiger partial charge in [-0.25, -0.2) is 9.78 Å². The lowest BCUT2D eigenvalue weighted by Crippen LogP contribution is -2.63. The number of β-lactam (4-membered cyclic amide) rings is 1. The van der Waals surface area contributed by atoms with Crippen molar-refractivity contribution in [3.8, 4) is 0 Å². The number of rotatable bonds is 5. The highest BCUT2D eigenvalue weighted by atomic mass is 32.2. The topological polar surface area (TPSA) is 90.7 Å².